The van der Waals surface area contributed by atoms with E-state index in [0.717, 1.165) is 45.1 Å². The molecule has 1 N–H and O–H groups in total. The Bertz CT molecular complexity index is 432. The highest BCUT2D eigenvalue weighted by molar-refractivity contribution is 5.07. The number of aliphatic hydroxyl groups is 1. The molecule has 2 aliphatic heterocycles. The van der Waals surface area contributed by atoms with Gasteiger partial charge in [-0.05, 0) is 57.3 Å². The lowest BCUT2D eigenvalue weighted by Gasteiger charge is -2.34. The van der Waals surface area contributed by atoms with Crippen LogP contribution in [0.4, 0.5) is 0 Å². The quantitative estimate of drug-likeness (QED) is 0.514. The Labute approximate surface area is 152 Å². The van der Waals surface area contributed by atoms with Gasteiger partial charge in [-0.3, -0.25) is 0 Å². The highest BCUT2D eigenvalue weighted by atomic mass is 16.7. The molecule has 4 heteroatoms. The number of rotatable bonds is 8. The fourth-order valence-electron chi connectivity index (χ4n) is 4.62. The first-order valence-electron chi connectivity index (χ1n) is 10.4. The Morgan fingerprint density at radius 3 is 2.84 bits per heavy atom. The van der Waals surface area contributed by atoms with Crippen LogP contribution in [0, 0.1) is 11.8 Å². The van der Waals surface area contributed by atoms with Crippen molar-refractivity contribution in [1.82, 2.24) is 0 Å². The van der Waals surface area contributed by atoms with Crippen LogP contribution in [-0.2, 0) is 14.2 Å². The van der Waals surface area contributed by atoms with E-state index in [1.807, 2.05) is 0 Å². The van der Waals surface area contributed by atoms with Crippen molar-refractivity contribution >= 4 is 0 Å². The van der Waals surface area contributed by atoms with Gasteiger partial charge in [0.15, 0.2) is 12.6 Å². The fraction of sp³-hybridized carbons (Fsp3) is 0.905. The van der Waals surface area contributed by atoms with Gasteiger partial charge in [-0.2, -0.15) is 0 Å². The normalized spacial score (nSPS) is 38.1. The zero-order chi connectivity index (χ0) is 17.7. The van der Waals surface area contributed by atoms with Crippen LogP contribution in [0.25, 0.3) is 0 Å². The monoisotopic (exact) mass is 352 g/mol. The van der Waals surface area contributed by atoms with E-state index in [1.54, 1.807) is 0 Å². The maximum absolute atomic E-state index is 9.75. The van der Waals surface area contributed by atoms with Gasteiger partial charge in [-0.15, -0.1) is 0 Å². The van der Waals surface area contributed by atoms with Crippen molar-refractivity contribution in [1.29, 1.82) is 0 Å². The molecule has 6 atom stereocenters. The lowest BCUT2D eigenvalue weighted by Crippen LogP contribution is -2.35. The number of unbranched alkanes of at least 4 members (excludes halogenated alkanes) is 2. The second-order valence-corrected chi connectivity index (χ2v) is 8.31. The van der Waals surface area contributed by atoms with Crippen molar-refractivity contribution in [2.75, 3.05) is 6.61 Å². The summed E-state index contributed by atoms with van der Waals surface area (Å²) < 4.78 is 17.9. The van der Waals surface area contributed by atoms with Crippen molar-refractivity contribution < 1.29 is 19.3 Å². The predicted molar refractivity (Wildman–Crippen MR) is 98.1 cm³/mol. The molecular formula is C21H36O4. The van der Waals surface area contributed by atoms with Gasteiger partial charge >= 0.3 is 0 Å². The maximum Gasteiger partial charge on any atom is 0.158 e. The van der Waals surface area contributed by atoms with Crippen molar-refractivity contribution in [3.05, 3.63) is 12.2 Å². The summed E-state index contributed by atoms with van der Waals surface area (Å²) >= 11 is 0. The molecule has 3 rings (SSSR count). The van der Waals surface area contributed by atoms with E-state index < -0.39 is 6.29 Å². The molecule has 4 nitrogen and oxygen atoms in total. The van der Waals surface area contributed by atoms with Crippen LogP contribution in [0.1, 0.15) is 78.1 Å². The molecule has 0 bridgehead atoms. The van der Waals surface area contributed by atoms with Crippen molar-refractivity contribution in [2.45, 2.75) is 102 Å². The summed E-state index contributed by atoms with van der Waals surface area (Å²) in [5.41, 5.74) is -0.257. The van der Waals surface area contributed by atoms with E-state index in [4.69, 9.17) is 14.2 Å². The smallest absolute Gasteiger partial charge is 0.158 e. The zero-order valence-corrected chi connectivity index (χ0v) is 16.0. The molecule has 0 amide bonds. The van der Waals surface area contributed by atoms with Gasteiger partial charge in [-0.25, -0.2) is 0 Å². The molecule has 0 aromatic heterocycles. The highest BCUT2D eigenvalue weighted by Crippen LogP contribution is 2.43. The number of ether oxygens (including phenoxy) is 3. The Hall–Kier alpha value is -0.420. The van der Waals surface area contributed by atoms with Gasteiger partial charge < -0.3 is 19.3 Å². The third kappa shape index (κ3) is 5.29. The number of hydrogen-bond acceptors (Lipinski definition) is 4. The lowest BCUT2D eigenvalue weighted by atomic mass is 9.89. The third-order valence-corrected chi connectivity index (χ3v) is 6.13. The van der Waals surface area contributed by atoms with E-state index in [1.165, 1.54) is 25.7 Å². The van der Waals surface area contributed by atoms with Crippen LogP contribution in [0.15, 0.2) is 12.2 Å². The van der Waals surface area contributed by atoms with Crippen LogP contribution >= 0.6 is 0 Å². The average molecular weight is 353 g/mol. The number of fused-ring (bicyclic) bond motifs is 1. The molecule has 2 saturated heterocycles. The second-order valence-electron chi connectivity index (χ2n) is 8.31. The molecule has 1 saturated carbocycles. The van der Waals surface area contributed by atoms with Gasteiger partial charge in [0.2, 0.25) is 0 Å². The minimum absolute atomic E-state index is 0.0574. The number of hydrogen-bond donors (Lipinski definition) is 1. The van der Waals surface area contributed by atoms with Gasteiger partial charge in [0.05, 0.1) is 11.7 Å². The SMILES string of the molecule is CCCCCC(C)(/C=C/C1CCC2OC(O)CC12)OC1CCCCO1. The predicted octanol–water partition coefficient (Wildman–Crippen LogP) is 4.56. The number of allylic oxidation sites excluding steroid dienone is 1. The Morgan fingerprint density at radius 1 is 1.20 bits per heavy atom. The first-order chi connectivity index (χ1) is 12.1. The van der Waals surface area contributed by atoms with Crippen molar-refractivity contribution in [3.63, 3.8) is 0 Å². The van der Waals surface area contributed by atoms with Crippen LogP contribution in [0.2, 0.25) is 0 Å². The van der Waals surface area contributed by atoms with Gasteiger partial charge in [0.1, 0.15) is 0 Å². The largest absolute Gasteiger partial charge is 0.368 e. The summed E-state index contributed by atoms with van der Waals surface area (Å²) in [6.45, 7) is 5.27. The molecule has 0 radical (unpaired) electrons. The van der Waals surface area contributed by atoms with Gasteiger partial charge in [0, 0.05) is 13.0 Å². The minimum atomic E-state index is -0.561. The molecule has 2 heterocycles. The second kappa shape index (κ2) is 8.98. The zero-order valence-electron chi connectivity index (χ0n) is 16.0. The topological polar surface area (TPSA) is 47.9 Å². The average Bonchev–Trinajstić information content (AvgIpc) is 3.13. The fourth-order valence-corrected chi connectivity index (χ4v) is 4.62. The molecule has 144 valence electrons. The van der Waals surface area contributed by atoms with Crippen LogP contribution in [0.5, 0.6) is 0 Å². The molecule has 1 aliphatic carbocycles. The van der Waals surface area contributed by atoms with Crippen molar-refractivity contribution in [3.8, 4) is 0 Å². The van der Waals surface area contributed by atoms with Gasteiger partial charge in [-0.1, -0.05) is 38.3 Å². The van der Waals surface area contributed by atoms with Crippen LogP contribution in [0.3, 0.4) is 0 Å². The lowest BCUT2D eigenvalue weighted by molar-refractivity contribution is -0.208. The minimum Gasteiger partial charge on any atom is -0.368 e. The van der Waals surface area contributed by atoms with E-state index in [0.29, 0.717) is 11.8 Å². The highest BCUT2D eigenvalue weighted by Gasteiger charge is 2.43. The molecule has 0 aromatic carbocycles. The molecule has 0 aromatic rings. The standard InChI is InChI=1S/C21H36O4/c1-3-4-6-12-21(2,25-20-8-5-7-14-23-20)13-11-16-9-10-18-17(16)15-19(22)24-18/h11,13,16-20,22H,3-10,12,14-15H2,1-2H3/b13-11+. The summed E-state index contributed by atoms with van der Waals surface area (Å²) in [5.74, 6) is 0.973. The molecule has 3 fully saturated rings. The molecule has 25 heavy (non-hydrogen) atoms. The Kier molecular flexibility index (Phi) is 6.95. The Balaban J connectivity index is 1.61. The van der Waals surface area contributed by atoms with E-state index in [-0.39, 0.29) is 18.0 Å². The summed E-state index contributed by atoms with van der Waals surface area (Å²) in [4.78, 5) is 0. The molecule has 6 unspecified atom stereocenters. The summed E-state index contributed by atoms with van der Waals surface area (Å²) in [7, 11) is 0. The first-order valence-corrected chi connectivity index (χ1v) is 10.4. The summed E-state index contributed by atoms with van der Waals surface area (Å²) in [6, 6.07) is 0. The number of aliphatic hydroxyl groups excluding tert-OH is 1. The van der Waals surface area contributed by atoms with Crippen LogP contribution in [-0.4, -0.2) is 36.0 Å². The van der Waals surface area contributed by atoms with Crippen molar-refractivity contribution in [2.24, 2.45) is 11.8 Å². The van der Waals surface area contributed by atoms with E-state index in [2.05, 4.69) is 26.0 Å². The summed E-state index contributed by atoms with van der Waals surface area (Å²) in [5, 5.41) is 9.75. The van der Waals surface area contributed by atoms with Gasteiger partial charge in [0.25, 0.3) is 0 Å². The molecular weight excluding hydrogens is 316 g/mol. The molecule has 3 aliphatic rings. The van der Waals surface area contributed by atoms with Crippen LogP contribution < -0.4 is 0 Å². The summed E-state index contributed by atoms with van der Waals surface area (Å²) in [6.07, 6.45) is 15.3. The van der Waals surface area contributed by atoms with E-state index >= 15 is 0 Å². The maximum atomic E-state index is 9.75. The molecule has 0 spiro atoms. The first kappa shape index (κ1) is 19.3. The Morgan fingerprint density at radius 2 is 2.08 bits per heavy atom. The van der Waals surface area contributed by atoms with E-state index in [9.17, 15) is 5.11 Å². The third-order valence-electron chi connectivity index (χ3n) is 6.13.